The van der Waals surface area contributed by atoms with Crippen molar-refractivity contribution >= 4 is 21.6 Å². The molecule has 0 radical (unpaired) electrons. The molecule has 0 atom stereocenters. The van der Waals surface area contributed by atoms with E-state index in [0.29, 0.717) is 17.2 Å². The summed E-state index contributed by atoms with van der Waals surface area (Å²) in [7, 11) is -0.767. The van der Waals surface area contributed by atoms with Crippen LogP contribution in [0.1, 0.15) is 11.1 Å². The minimum Gasteiger partial charge on any atom is -0.493 e. The van der Waals surface area contributed by atoms with Gasteiger partial charge < -0.3 is 14.8 Å². The molecule has 2 aromatic carbocycles. The summed E-state index contributed by atoms with van der Waals surface area (Å²) in [6, 6.07) is 9.69. The van der Waals surface area contributed by atoms with Crippen molar-refractivity contribution in [1.82, 2.24) is 4.72 Å². The Morgan fingerprint density at radius 1 is 0.962 bits per heavy atom. The van der Waals surface area contributed by atoms with Gasteiger partial charge in [0.1, 0.15) is 0 Å². The van der Waals surface area contributed by atoms with Gasteiger partial charge in [-0.1, -0.05) is 6.07 Å². The zero-order valence-corrected chi connectivity index (χ0v) is 15.9. The molecular weight excluding hydrogens is 356 g/mol. The fraction of sp³-hybridized carbons (Fsp3) is 0.278. The van der Waals surface area contributed by atoms with Crippen molar-refractivity contribution < 1.29 is 22.7 Å². The third-order valence-electron chi connectivity index (χ3n) is 3.88. The quantitative estimate of drug-likeness (QED) is 0.771. The van der Waals surface area contributed by atoms with Crippen molar-refractivity contribution in [2.45, 2.75) is 18.7 Å². The summed E-state index contributed by atoms with van der Waals surface area (Å²) in [6.07, 6.45) is 0. The molecule has 0 aliphatic heterocycles. The highest BCUT2D eigenvalue weighted by molar-refractivity contribution is 7.89. The van der Waals surface area contributed by atoms with E-state index in [9.17, 15) is 13.2 Å². The van der Waals surface area contributed by atoms with E-state index in [1.54, 1.807) is 30.3 Å². The maximum Gasteiger partial charge on any atom is 0.241 e. The van der Waals surface area contributed by atoms with Crippen LogP contribution in [-0.4, -0.2) is 35.1 Å². The lowest BCUT2D eigenvalue weighted by Crippen LogP contribution is -2.33. The molecule has 0 spiro atoms. The van der Waals surface area contributed by atoms with Crippen molar-refractivity contribution in [2.75, 3.05) is 26.1 Å². The van der Waals surface area contributed by atoms with Crippen molar-refractivity contribution in [3.8, 4) is 11.5 Å². The van der Waals surface area contributed by atoms with Crippen molar-refractivity contribution in [1.29, 1.82) is 0 Å². The number of ether oxygens (including phenoxy) is 2. The van der Waals surface area contributed by atoms with E-state index in [1.807, 2.05) is 13.8 Å². The molecule has 7 nitrogen and oxygen atoms in total. The third-order valence-corrected chi connectivity index (χ3v) is 5.28. The number of methoxy groups -OCH3 is 2. The van der Waals surface area contributed by atoms with Gasteiger partial charge in [-0.2, -0.15) is 0 Å². The smallest absolute Gasteiger partial charge is 0.241 e. The minimum atomic E-state index is -3.77. The number of nitrogens with one attached hydrogen (secondary N) is 2. The summed E-state index contributed by atoms with van der Waals surface area (Å²) >= 11 is 0. The summed E-state index contributed by atoms with van der Waals surface area (Å²) < 4.78 is 37.2. The molecule has 2 rings (SSSR count). The second-order valence-corrected chi connectivity index (χ2v) is 7.46. The summed E-state index contributed by atoms with van der Waals surface area (Å²) in [5, 5.41) is 2.61. The number of carbonyl (C=O) groups is 1. The van der Waals surface area contributed by atoms with Crippen molar-refractivity contribution in [3.63, 3.8) is 0 Å². The van der Waals surface area contributed by atoms with E-state index in [-0.39, 0.29) is 11.4 Å². The largest absolute Gasteiger partial charge is 0.493 e. The molecule has 8 heteroatoms. The van der Waals surface area contributed by atoms with Crippen LogP contribution in [0.3, 0.4) is 0 Å². The first kappa shape index (κ1) is 19.7. The average Bonchev–Trinajstić information content (AvgIpc) is 2.62. The SMILES string of the molecule is COc1ccc(NC(=O)CNS(=O)(=O)c2ccc(C)c(C)c2)cc1OC. The van der Waals surface area contributed by atoms with Crippen LogP contribution in [0.2, 0.25) is 0 Å². The lowest BCUT2D eigenvalue weighted by atomic mass is 10.1. The maximum atomic E-state index is 12.3. The molecule has 0 bridgehead atoms. The molecule has 0 fully saturated rings. The summed E-state index contributed by atoms with van der Waals surface area (Å²) in [4.78, 5) is 12.2. The highest BCUT2D eigenvalue weighted by Crippen LogP contribution is 2.29. The topological polar surface area (TPSA) is 93.7 Å². The Balaban J connectivity index is 2.03. The lowest BCUT2D eigenvalue weighted by Gasteiger charge is -2.11. The lowest BCUT2D eigenvalue weighted by molar-refractivity contribution is -0.115. The van der Waals surface area contributed by atoms with Gasteiger partial charge in [0, 0.05) is 11.8 Å². The predicted molar refractivity (Wildman–Crippen MR) is 99.3 cm³/mol. The van der Waals surface area contributed by atoms with E-state index >= 15 is 0 Å². The number of anilines is 1. The standard InChI is InChI=1S/C18H22N2O5S/c1-12-5-7-15(9-13(12)2)26(22,23)19-11-18(21)20-14-6-8-16(24-3)17(10-14)25-4/h5-10,19H,11H2,1-4H3,(H,20,21). The maximum absolute atomic E-state index is 12.3. The van der Waals surface area contributed by atoms with Crippen LogP contribution >= 0.6 is 0 Å². The number of carbonyl (C=O) groups excluding carboxylic acids is 1. The summed E-state index contributed by atoms with van der Waals surface area (Å²) in [6.45, 7) is 3.34. The molecule has 2 N–H and O–H groups in total. The van der Waals surface area contributed by atoms with Crippen LogP contribution in [-0.2, 0) is 14.8 Å². The second kappa shape index (κ2) is 8.20. The molecule has 0 aliphatic carbocycles. The molecule has 2 aromatic rings. The van der Waals surface area contributed by atoms with Gasteiger partial charge >= 0.3 is 0 Å². The monoisotopic (exact) mass is 378 g/mol. The van der Waals surface area contributed by atoms with E-state index in [1.165, 1.54) is 20.3 Å². The molecule has 0 aliphatic rings. The van der Waals surface area contributed by atoms with Gasteiger partial charge in [-0.3, -0.25) is 4.79 Å². The Hall–Kier alpha value is -2.58. The normalized spacial score (nSPS) is 11.1. The van der Waals surface area contributed by atoms with Crippen molar-refractivity contribution in [2.24, 2.45) is 0 Å². The van der Waals surface area contributed by atoms with Gasteiger partial charge in [-0.05, 0) is 49.2 Å². The van der Waals surface area contributed by atoms with E-state index in [2.05, 4.69) is 10.0 Å². The molecule has 140 valence electrons. The first-order valence-electron chi connectivity index (χ1n) is 7.85. The molecule has 0 heterocycles. The number of sulfonamides is 1. The fourth-order valence-electron chi connectivity index (χ4n) is 2.24. The van der Waals surface area contributed by atoms with Gasteiger partial charge in [-0.25, -0.2) is 13.1 Å². The molecular formula is C18H22N2O5S. The van der Waals surface area contributed by atoms with E-state index < -0.39 is 15.9 Å². The van der Waals surface area contributed by atoms with Gasteiger partial charge in [0.25, 0.3) is 0 Å². The zero-order chi connectivity index (χ0) is 19.3. The Kier molecular flexibility index (Phi) is 6.23. The van der Waals surface area contributed by atoms with Crippen LogP contribution in [0.15, 0.2) is 41.3 Å². The summed E-state index contributed by atoms with van der Waals surface area (Å²) in [5.74, 6) is 0.492. The third kappa shape index (κ3) is 4.74. The number of rotatable bonds is 7. The van der Waals surface area contributed by atoms with Gasteiger partial charge in [0.15, 0.2) is 11.5 Å². The first-order valence-corrected chi connectivity index (χ1v) is 9.34. The van der Waals surface area contributed by atoms with Crippen LogP contribution < -0.4 is 19.5 Å². The molecule has 26 heavy (non-hydrogen) atoms. The van der Waals surface area contributed by atoms with Crippen LogP contribution in [0.4, 0.5) is 5.69 Å². The highest BCUT2D eigenvalue weighted by atomic mass is 32.2. The zero-order valence-electron chi connectivity index (χ0n) is 15.1. The second-order valence-electron chi connectivity index (χ2n) is 5.69. The Labute approximate surface area is 153 Å². The highest BCUT2D eigenvalue weighted by Gasteiger charge is 2.16. The van der Waals surface area contributed by atoms with Gasteiger partial charge in [0.05, 0.1) is 25.7 Å². The molecule has 0 saturated carbocycles. The van der Waals surface area contributed by atoms with Crippen LogP contribution in [0.25, 0.3) is 0 Å². The number of aryl methyl sites for hydroxylation is 2. The van der Waals surface area contributed by atoms with E-state index in [4.69, 9.17) is 9.47 Å². The van der Waals surface area contributed by atoms with Crippen LogP contribution in [0, 0.1) is 13.8 Å². The minimum absolute atomic E-state index is 0.125. The van der Waals surface area contributed by atoms with Gasteiger partial charge in [-0.15, -0.1) is 0 Å². The Morgan fingerprint density at radius 2 is 1.65 bits per heavy atom. The molecule has 0 unspecified atom stereocenters. The van der Waals surface area contributed by atoms with E-state index in [0.717, 1.165) is 11.1 Å². The number of amides is 1. The predicted octanol–water partition coefficient (Wildman–Crippen LogP) is 2.24. The number of benzene rings is 2. The summed E-state index contributed by atoms with van der Waals surface area (Å²) in [5.41, 5.74) is 2.33. The fourth-order valence-corrected chi connectivity index (χ4v) is 3.31. The Morgan fingerprint density at radius 3 is 2.27 bits per heavy atom. The molecule has 0 aromatic heterocycles. The Bertz CT molecular complexity index is 910. The molecule has 0 saturated heterocycles. The van der Waals surface area contributed by atoms with Crippen LogP contribution in [0.5, 0.6) is 11.5 Å². The average molecular weight is 378 g/mol. The van der Waals surface area contributed by atoms with Gasteiger partial charge in [0.2, 0.25) is 15.9 Å². The number of hydrogen-bond acceptors (Lipinski definition) is 5. The van der Waals surface area contributed by atoms with Crippen molar-refractivity contribution in [3.05, 3.63) is 47.5 Å². The number of hydrogen-bond donors (Lipinski definition) is 2. The molecule has 1 amide bonds. The first-order chi connectivity index (χ1) is 12.3.